The molecule has 1 aliphatic rings. The fourth-order valence-corrected chi connectivity index (χ4v) is 2.55. The second-order valence-electron chi connectivity index (χ2n) is 5.63. The average molecular weight is 326 g/mol. The molecule has 1 fully saturated rings. The van der Waals surface area contributed by atoms with Gasteiger partial charge in [-0.25, -0.2) is 0 Å². The standard InChI is InChI=1S/C16H23N3O2.ClH/c1-11-3-5-13(6-4-11)15(18-12(2)20)9-16(21)19-14-7-8-17-10-14;/h3-6,14-15,17H,7-10H2,1-2H3,(H,18,20)(H,19,21);1H. The molecule has 2 unspecified atom stereocenters. The number of carbonyl (C=O) groups is 2. The van der Waals surface area contributed by atoms with Crippen LogP contribution in [0.15, 0.2) is 24.3 Å². The summed E-state index contributed by atoms with van der Waals surface area (Å²) in [5.74, 6) is -0.154. The maximum atomic E-state index is 12.1. The van der Waals surface area contributed by atoms with Crippen LogP contribution in [0.3, 0.4) is 0 Å². The van der Waals surface area contributed by atoms with Gasteiger partial charge in [0.25, 0.3) is 0 Å². The van der Waals surface area contributed by atoms with Crippen LogP contribution in [0, 0.1) is 6.92 Å². The Bertz CT molecular complexity index is 499. The number of nitrogens with one attached hydrogen (secondary N) is 3. The number of amides is 2. The Morgan fingerprint density at radius 3 is 2.55 bits per heavy atom. The first-order chi connectivity index (χ1) is 10.0. The van der Waals surface area contributed by atoms with Crippen molar-refractivity contribution in [3.05, 3.63) is 35.4 Å². The first kappa shape index (κ1) is 18.5. The fraction of sp³-hybridized carbons (Fsp3) is 0.500. The Morgan fingerprint density at radius 1 is 1.32 bits per heavy atom. The van der Waals surface area contributed by atoms with Crippen molar-refractivity contribution in [1.82, 2.24) is 16.0 Å². The van der Waals surface area contributed by atoms with Crippen molar-refractivity contribution in [3.63, 3.8) is 0 Å². The van der Waals surface area contributed by atoms with Gasteiger partial charge in [0.2, 0.25) is 11.8 Å². The first-order valence-electron chi connectivity index (χ1n) is 7.38. The van der Waals surface area contributed by atoms with Crippen molar-refractivity contribution in [2.75, 3.05) is 13.1 Å². The average Bonchev–Trinajstić information content (AvgIpc) is 2.91. The van der Waals surface area contributed by atoms with E-state index in [0.717, 1.165) is 30.6 Å². The Morgan fingerprint density at radius 2 is 2.00 bits per heavy atom. The molecule has 0 aliphatic carbocycles. The summed E-state index contributed by atoms with van der Waals surface area (Å²) in [6, 6.07) is 7.82. The van der Waals surface area contributed by atoms with E-state index in [9.17, 15) is 9.59 Å². The van der Waals surface area contributed by atoms with Gasteiger partial charge in [0, 0.05) is 19.5 Å². The van der Waals surface area contributed by atoms with Gasteiger partial charge < -0.3 is 16.0 Å². The molecule has 3 N–H and O–H groups in total. The zero-order valence-electron chi connectivity index (χ0n) is 13.0. The van der Waals surface area contributed by atoms with Crippen LogP contribution < -0.4 is 16.0 Å². The predicted octanol–water partition coefficient (Wildman–Crippen LogP) is 1.46. The fourth-order valence-electron chi connectivity index (χ4n) is 2.55. The third-order valence-corrected chi connectivity index (χ3v) is 3.67. The van der Waals surface area contributed by atoms with Crippen molar-refractivity contribution in [1.29, 1.82) is 0 Å². The van der Waals surface area contributed by atoms with E-state index in [-0.39, 0.29) is 42.7 Å². The van der Waals surface area contributed by atoms with Crippen LogP contribution in [0.25, 0.3) is 0 Å². The van der Waals surface area contributed by atoms with E-state index in [2.05, 4.69) is 16.0 Å². The number of halogens is 1. The molecule has 2 rings (SSSR count). The molecule has 0 aromatic heterocycles. The number of hydrogen-bond acceptors (Lipinski definition) is 3. The quantitative estimate of drug-likeness (QED) is 0.767. The van der Waals surface area contributed by atoms with E-state index in [0.29, 0.717) is 0 Å². The van der Waals surface area contributed by atoms with Crippen LogP contribution in [0.1, 0.15) is 36.9 Å². The molecular weight excluding hydrogens is 302 g/mol. The summed E-state index contributed by atoms with van der Waals surface area (Å²) in [7, 11) is 0. The summed E-state index contributed by atoms with van der Waals surface area (Å²) in [4.78, 5) is 23.5. The molecule has 0 bridgehead atoms. The molecule has 2 atom stereocenters. The number of hydrogen-bond donors (Lipinski definition) is 3. The minimum Gasteiger partial charge on any atom is -0.352 e. The summed E-state index contributed by atoms with van der Waals surface area (Å²) >= 11 is 0. The Hall–Kier alpha value is -1.59. The van der Waals surface area contributed by atoms with Crippen LogP contribution in [-0.2, 0) is 9.59 Å². The molecule has 6 heteroatoms. The van der Waals surface area contributed by atoms with E-state index in [1.54, 1.807) is 0 Å². The molecule has 2 amide bonds. The Labute approximate surface area is 137 Å². The van der Waals surface area contributed by atoms with Gasteiger partial charge in [0.05, 0.1) is 12.5 Å². The first-order valence-corrected chi connectivity index (χ1v) is 7.38. The van der Waals surface area contributed by atoms with E-state index in [1.165, 1.54) is 6.92 Å². The van der Waals surface area contributed by atoms with Crippen molar-refractivity contribution < 1.29 is 9.59 Å². The van der Waals surface area contributed by atoms with Crippen molar-refractivity contribution in [2.24, 2.45) is 0 Å². The van der Waals surface area contributed by atoms with Gasteiger partial charge >= 0.3 is 0 Å². The van der Waals surface area contributed by atoms with Gasteiger partial charge in [-0.1, -0.05) is 29.8 Å². The lowest BCUT2D eigenvalue weighted by Crippen LogP contribution is -2.39. The number of rotatable bonds is 5. The molecule has 1 aromatic carbocycles. The highest BCUT2D eigenvalue weighted by Crippen LogP contribution is 2.18. The van der Waals surface area contributed by atoms with Crippen molar-refractivity contribution in [2.45, 2.75) is 38.8 Å². The molecule has 1 aliphatic heterocycles. The van der Waals surface area contributed by atoms with Crippen LogP contribution in [0.5, 0.6) is 0 Å². The maximum Gasteiger partial charge on any atom is 0.222 e. The molecule has 0 spiro atoms. The maximum absolute atomic E-state index is 12.1. The lowest BCUT2D eigenvalue weighted by atomic mass is 10.0. The SMILES string of the molecule is CC(=O)NC(CC(=O)NC1CCNC1)c1ccc(C)cc1.Cl. The second-order valence-corrected chi connectivity index (χ2v) is 5.63. The summed E-state index contributed by atoms with van der Waals surface area (Å²) < 4.78 is 0. The molecule has 0 radical (unpaired) electrons. The number of aryl methyl sites for hydroxylation is 1. The highest BCUT2D eigenvalue weighted by Gasteiger charge is 2.21. The van der Waals surface area contributed by atoms with Gasteiger partial charge in [-0.15, -0.1) is 12.4 Å². The third-order valence-electron chi connectivity index (χ3n) is 3.67. The van der Waals surface area contributed by atoms with Gasteiger partial charge in [-0.2, -0.15) is 0 Å². The molecule has 0 saturated carbocycles. The normalized spacial score (nSPS) is 18.2. The zero-order chi connectivity index (χ0) is 15.2. The predicted molar refractivity (Wildman–Crippen MR) is 89.0 cm³/mol. The third kappa shape index (κ3) is 5.66. The molecule has 122 valence electrons. The lowest BCUT2D eigenvalue weighted by Gasteiger charge is -2.19. The highest BCUT2D eigenvalue weighted by atomic mass is 35.5. The van der Waals surface area contributed by atoms with E-state index in [4.69, 9.17) is 0 Å². The minimum absolute atomic E-state index is 0. The molecule has 1 heterocycles. The molecular formula is C16H24ClN3O2. The number of carbonyl (C=O) groups excluding carboxylic acids is 2. The number of benzene rings is 1. The molecule has 1 aromatic rings. The van der Waals surface area contributed by atoms with E-state index < -0.39 is 0 Å². The highest BCUT2D eigenvalue weighted by molar-refractivity contribution is 5.85. The van der Waals surface area contributed by atoms with Crippen molar-refractivity contribution in [3.8, 4) is 0 Å². The van der Waals surface area contributed by atoms with Gasteiger partial charge in [-0.3, -0.25) is 9.59 Å². The molecule has 22 heavy (non-hydrogen) atoms. The topological polar surface area (TPSA) is 70.2 Å². The lowest BCUT2D eigenvalue weighted by molar-refractivity contribution is -0.123. The van der Waals surface area contributed by atoms with Crippen LogP contribution in [-0.4, -0.2) is 30.9 Å². The summed E-state index contributed by atoms with van der Waals surface area (Å²) in [5.41, 5.74) is 2.11. The largest absolute Gasteiger partial charge is 0.352 e. The zero-order valence-corrected chi connectivity index (χ0v) is 13.8. The monoisotopic (exact) mass is 325 g/mol. The van der Waals surface area contributed by atoms with E-state index >= 15 is 0 Å². The van der Waals surface area contributed by atoms with Gasteiger partial charge in [0.1, 0.15) is 0 Å². The van der Waals surface area contributed by atoms with Gasteiger partial charge in [0.15, 0.2) is 0 Å². The second kappa shape index (κ2) is 8.76. The molecule has 1 saturated heterocycles. The summed E-state index contributed by atoms with van der Waals surface area (Å²) in [5, 5.41) is 9.08. The van der Waals surface area contributed by atoms with Gasteiger partial charge in [-0.05, 0) is 25.5 Å². The van der Waals surface area contributed by atoms with Crippen molar-refractivity contribution >= 4 is 24.2 Å². The Kier molecular flexibility index (Phi) is 7.35. The minimum atomic E-state index is -0.280. The van der Waals surface area contributed by atoms with Crippen LogP contribution >= 0.6 is 12.4 Å². The Balaban J connectivity index is 0.00000242. The van der Waals surface area contributed by atoms with Crippen LogP contribution in [0.4, 0.5) is 0 Å². The van der Waals surface area contributed by atoms with E-state index in [1.807, 2.05) is 31.2 Å². The molecule has 5 nitrogen and oxygen atoms in total. The summed E-state index contributed by atoms with van der Waals surface area (Å²) in [6.45, 7) is 5.25. The van der Waals surface area contributed by atoms with Crippen LogP contribution in [0.2, 0.25) is 0 Å². The smallest absolute Gasteiger partial charge is 0.222 e. The summed E-state index contributed by atoms with van der Waals surface area (Å²) in [6.07, 6.45) is 1.22.